The lowest BCUT2D eigenvalue weighted by molar-refractivity contribution is -0.870. The molecule has 0 spiro atoms. The van der Waals surface area contributed by atoms with Crippen LogP contribution in [0.4, 0.5) is 0 Å². The summed E-state index contributed by atoms with van der Waals surface area (Å²) in [5, 5.41) is 11.7. The predicted octanol–water partition coefficient (Wildman–Crippen LogP) is 19.0. The smallest absolute Gasteiger partial charge is 0.306 e. The van der Waals surface area contributed by atoms with Crippen LogP contribution >= 0.6 is 0 Å². The van der Waals surface area contributed by atoms with Gasteiger partial charge in [0, 0.05) is 12.8 Å². The average molecular weight is 1080 g/mol. The van der Waals surface area contributed by atoms with Gasteiger partial charge in [-0.25, -0.2) is 0 Å². The van der Waals surface area contributed by atoms with E-state index in [0.29, 0.717) is 17.4 Å². The third kappa shape index (κ3) is 59.9. The maximum absolute atomic E-state index is 12.8. The highest BCUT2D eigenvalue weighted by Crippen LogP contribution is 2.19. The number of hydrogen-bond acceptors (Lipinski definition) is 8. The molecule has 0 N–H and O–H groups in total. The number of ether oxygens (including phenoxy) is 4. The fourth-order valence-electron chi connectivity index (χ4n) is 10.4. The number of unbranched alkanes of at least 4 members (excludes halogenated alkanes) is 49. The van der Waals surface area contributed by atoms with E-state index in [1.807, 2.05) is 21.1 Å². The number of carbonyl (C=O) groups excluding carboxylic acids is 3. The summed E-state index contributed by atoms with van der Waals surface area (Å²) in [6.45, 7) is 4.79. The quantitative estimate of drug-likeness (QED) is 0.0256. The molecule has 0 saturated heterocycles. The lowest BCUT2D eigenvalue weighted by Gasteiger charge is -2.26. The van der Waals surface area contributed by atoms with E-state index in [4.69, 9.17) is 18.9 Å². The van der Waals surface area contributed by atoms with Crippen molar-refractivity contribution in [1.82, 2.24) is 0 Å². The van der Waals surface area contributed by atoms with Gasteiger partial charge in [0.25, 0.3) is 0 Å². The van der Waals surface area contributed by atoms with Gasteiger partial charge in [-0.05, 0) is 12.8 Å². The van der Waals surface area contributed by atoms with E-state index in [0.717, 1.165) is 38.5 Å². The van der Waals surface area contributed by atoms with Crippen molar-refractivity contribution in [1.29, 1.82) is 0 Å². The van der Waals surface area contributed by atoms with E-state index >= 15 is 0 Å². The number of quaternary nitrogens is 1. The largest absolute Gasteiger partial charge is 0.545 e. The molecule has 0 aliphatic rings. The summed E-state index contributed by atoms with van der Waals surface area (Å²) in [5.41, 5.74) is 0. The molecule has 0 saturated carbocycles. The maximum atomic E-state index is 12.8. The number of carboxylic acid groups (broad SMARTS) is 1. The molecule has 0 aromatic rings. The van der Waals surface area contributed by atoms with Gasteiger partial charge >= 0.3 is 11.9 Å². The standard InChI is InChI=1S/C67H131NO8/c1-6-8-10-12-14-16-18-19-20-21-22-23-24-25-26-27-28-29-30-31-32-33-34-35-36-37-38-39-40-41-42-43-44-45-46-47-48-50-52-54-56-58-65(70)76-63(62-75-67(66(71)72)73-60-59-68(3,4)5)61-74-64(69)57-55-53-51-49-17-15-13-11-9-7-2/h63,67H,6-62H2,1-5H3. The van der Waals surface area contributed by atoms with Crippen molar-refractivity contribution in [3.63, 3.8) is 0 Å². The number of likely N-dealkylation sites (N-methyl/N-ethyl adjacent to an activating group) is 1. The van der Waals surface area contributed by atoms with E-state index < -0.39 is 24.3 Å². The molecule has 0 heterocycles. The molecule has 0 bridgehead atoms. The maximum Gasteiger partial charge on any atom is 0.306 e. The van der Waals surface area contributed by atoms with Gasteiger partial charge in [0.15, 0.2) is 12.4 Å². The van der Waals surface area contributed by atoms with Crippen LogP contribution in [-0.4, -0.2) is 82.3 Å². The summed E-state index contributed by atoms with van der Waals surface area (Å²) >= 11 is 0. The minimum absolute atomic E-state index is 0.153. The molecule has 0 aliphatic carbocycles. The highest BCUT2D eigenvalue weighted by molar-refractivity contribution is 5.70. The molecule has 2 atom stereocenters. The van der Waals surface area contributed by atoms with E-state index in [-0.39, 0.29) is 32.2 Å². The molecule has 9 heteroatoms. The molecule has 0 fully saturated rings. The number of carboxylic acids is 1. The van der Waals surface area contributed by atoms with Gasteiger partial charge in [-0.15, -0.1) is 0 Å². The second-order valence-corrected chi connectivity index (χ2v) is 24.5. The Hall–Kier alpha value is -1.71. The van der Waals surface area contributed by atoms with Crippen LogP contribution in [0.25, 0.3) is 0 Å². The van der Waals surface area contributed by atoms with Gasteiger partial charge in [0.1, 0.15) is 13.2 Å². The number of nitrogens with zero attached hydrogens (tertiary/aromatic N) is 1. The first-order chi connectivity index (χ1) is 37.1. The fraction of sp³-hybridized carbons (Fsp3) is 0.955. The van der Waals surface area contributed by atoms with Crippen molar-refractivity contribution in [3.05, 3.63) is 0 Å². The van der Waals surface area contributed by atoms with Gasteiger partial charge in [-0.1, -0.05) is 328 Å². The molecule has 76 heavy (non-hydrogen) atoms. The third-order valence-electron chi connectivity index (χ3n) is 15.6. The van der Waals surface area contributed by atoms with E-state index in [1.54, 1.807) is 0 Å². The number of esters is 2. The Morgan fingerprint density at radius 2 is 0.592 bits per heavy atom. The summed E-state index contributed by atoms with van der Waals surface area (Å²) < 4.78 is 22.7. The predicted molar refractivity (Wildman–Crippen MR) is 320 cm³/mol. The molecule has 0 radical (unpaired) electrons. The molecular weight excluding hydrogens is 947 g/mol. The fourth-order valence-corrected chi connectivity index (χ4v) is 10.4. The molecular formula is C67H131NO8. The molecule has 0 aromatic heterocycles. The normalized spacial score (nSPS) is 12.6. The first-order valence-electron chi connectivity index (χ1n) is 33.7. The first kappa shape index (κ1) is 74.3. The Balaban J connectivity index is 3.78. The van der Waals surface area contributed by atoms with Crippen molar-refractivity contribution < 1.29 is 42.9 Å². The van der Waals surface area contributed by atoms with Crippen LogP contribution in [-0.2, 0) is 33.3 Å². The SMILES string of the molecule is CCCCCCCCCCCCCCCCCCCCCCCCCCCCCCCCCCCCCCCCCCCC(=O)OC(COC(=O)CCCCCCCCCCCC)COC(OCC[N+](C)(C)C)C(=O)[O-]. The molecule has 0 aromatic carbocycles. The summed E-state index contributed by atoms with van der Waals surface area (Å²) in [7, 11) is 5.93. The van der Waals surface area contributed by atoms with Crippen LogP contribution < -0.4 is 5.11 Å². The zero-order valence-electron chi connectivity index (χ0n) is 51.7. The van der Waals surface area contributed by atoms with E-state index in [1.165, 1.54) is 289 Å². The Kier molecular flexibility index (Phi) is 58.1. The lowest BCUT2D eigenvalue weighted by Crippen LogP contribution is -2.44. The summed E-state index contributed by atoms with van der Waals surface area (Å²) in [6.07, 6.45) is 66.6. The third-order valence-corrected chi connectivity index (χ3v) is 15.6. The van der Waals surface area contributed by atoms with Crippen molar-refractivity contribution in [3.8, 4) is 0 Å². The van der Waals surface area contributed by atoms with Crippen molar-refractivity contribution in [2.24, 2.45) is 0 Å². The van der Waals surface area contributed by atoms with Crippen LogP contribution in [0.15, 0.2) is 0 Å². The molecule has 0 aliphatic heterocycles. The minimum Gasteiger partial charge on any atom is -0.545 e. The topological polar surface area (TPSA) is 111 Å². The van der Waals surface area contributed by atoms with E-state index in [2.05, 4.69) is 13.8 Å². The Morgan fingerprint density at radius 1 is 0.342 bits per heavy atom. The Morgan fingerprint density at radius 3 is 0.842 bits per heavy atom. The first-order valence-corrected chi connectivity index (χ1v) is 33.7. The van der Waals surface area contributed by atoms with Crippen LogP contribution in [0.2, 0.25) is 0 Å². The Labute approximate surface area is 473 Å². The highest BCUT2D eigenvalue weighted by atomic mass is 16.7. The van der Waals surface area contributed by atoms with Crippen LogP contribution in [0.1, 0.15) is 354 Å². The second-order valence-electron chi connectivity index (χ2n) is 24.5. The molecule has 0 amide bonds. The van der Waals surface area contributed by atoms with Gasteiger partial charge in [-0.2, -0.15) is 0 Å². The summed E-state index contributed by atoms with van der Waals surface area (Å²) in [6, 6.07) is 0. The minimum atomic E-state index is -1.61. The molecule has 9 nitrogen and oxygen atoms in total. The van der Waals surface area contributed by atoms with Crippen LogP contribution in [0, 0.1) is 0 Å². The molecule has 2 unspecified atom stereocenters. The zero-order valence-corrected chi connectivity index (χ0v) is 51.7. The molecule has 0 rings (SSSR count). The number of hydrogen-bond donors (Lipinski definition) is 0. The summed E-state index contributed by atoms with van der Waals surface area (Å²) in [5.74, 6) is -2.26. The second kappa shape index (κ2) is 59.4. The monoisotopic (exact) mass is 1080 g/mol. The van der Waals surface area contributed by atoms with Gasteiger partial charge < -0.3 is 33.3 Å². The van der Waals surface area contributed by atoms with Gasteiger partial charge in [-0.3, -0.25) is 9.59 Å². The van der Waals surface area contributed by atoms with Crippen LogP contribution in [0.5, 0.6) is 0 Å². The van der Waals surface area contributed by atoms with Gasteiger partial charge in [0.05, 0.1) is 40.3 Å². The number of rotatable bonds is 64. The lowest BCUT2D eigenvalue weighted by atomic mass is 10.0. The zero-order chi connectivity index (χ0) is 55.5. The average Bonchev–Trinajstić information content (AvgIpc) is 3.39. The number of aliphatic carboxylic acids is 1. The van der Waals surface area contributed by atoms with Crippen LogP contribution in [0.3, 0.4) is 0 Å². The highest BCUT2D eigenvalue weighted by Gasteiger charge is 2.22. The summed E-state index contributed by atoms with van der Waals surface area (Å²) in [4.78, 5) is 37.2. The Bertz CT molecular complexity index is 1210. The van der Waals surface area contributed by atoms with Gasteiger partial charge in [0.2, 0.25) is 0 Å². The molecule has 452 valence electrons. The van der Waals surface area contributed by atoms with Crippen molar-refractivity contribution >= 4 is 17.9 Å². The van der Waals surface area contributed by atoms with E-state index in [9.17, 15) is 19.5 Å². The van der Waals surface area contributed by atoms with Crippen molar-refractivity contribution in [2.45, 2.75) is 367 Å². The number of carbonyl (C=O) groups is 3. The van der Waals surface area contributed by atoms with Crippen molar-refractivity contribution in [2.75, 3.05) is 47.5 Å².